The van der Waals surface area contributed by atoms with Crippen molar-refractivity contribution in [2.75, 3.05) is 5.73 Å². The number of hydrogen-bond acceptors (Lipinski definition) is 5. The number of alkyl halides is 3. The van der Waals surface area contributed by atoms with E-state index in [-0.39, 0.29) is 12.0 Å². The Hall–Kier alpha value is -4.15. The number of aromatic nitrogens is 7. The van der Waals surface area contributed by atoms with Gasteiger partial charge < -0.3 is 5.73 Å². The minimum Gasteiger partial charge on any atom is -0.366 e. The molecule has 4 aromatic heterocycles. The van der Waals surface area contributed by atoms with Crippen molar-refractivity contribution in [1.29, 1.82) is 0 Å². The van der Waals surface area contributed by atoms with E-state index in [9.17, 15) is 13.2 Å². The SMILES string of the molecule is CC[C@@H](c1ccccc1)n1cc(-c2cc(-c3cnn(CC(F)(F)F)c3)n3nc(N)nc3c2)cn1. The van der Waals surface area contributed by atoms with Crippen LogP contribution in [0.15, 0.2) is 67.3 Å². The maximum absolute atomic E-state index is 12.8. The normalized spacial score (nSPS) is 12.9. The lowest BCUT2D eigenvalue weighted by molar-refractivity contribution is -0.142. The maximum Gasteiger partial charge on any atom is 0.408 e. The van der Waals surface area contributed by atoms with E-state index in [1.54, 1.807) is 6.20 Å². The summed E-state index contributed by atoms with van der Waals surface area (Å²) in [6, 6.07) is 13.8. The molecule has 0 saturated heterocycles. The van der Waals surface area contributed by atoms with E-state index < -0.39 is 12.7 Å². The first-order valence-corrected chi connectivity index (χ1v) is 10.7. The van der Waals surface area contributed by atoms with E-state index in [0.29, 0.717) is 16.9 Å². The number of nitrogens with zero attached hydrogens (tertiary/aromatic N) is 7. The Kier molecular flexibility index (Phi) is 5.31. The van der Waals surface area contributed by atoms with Crippen LogP contribution in [-0.4, -0.2) is 40.3 Å². The predicted octanol–water partition coefficient (Wildman–Crippen LogP) is 4.60. The monoisotopic (exact) mass is 466 g/mol. The van der Waals surface area contributed by atoms with E-state index in [0.717, 1.165) is 27.8 Å². The van der Waals surface area contributed by atoms with Gasteiger partial charge in [-0.1, -0.05) is 37.3 Å². The molecule has 11 heteroatoms. The lowest BCUT2D eigenvalue weighted by Crippen LogP contribution is -2.17. The van der Waals surface area contributed by atoms with Crippen LogP contribution in [0, 0.1) is 0 Å². The zero-order valence-electron chi connectivity index (χ0n) is 18.2. The summed E-state index contributed by atoms with van der Waals surface area (Å²) in [6.45, 7) is 0.917. The van der Waals surface area contributed by atoms with Crippen molar-refractivity contribution in [3.8, 4) is 22.4 Å². The van der Waals surface area contributed by atoms with Crippen LogP contribution in [0.1, 0.15) is 24.9 Å². The molecule has 2 N–H and O–H groups in total. The van der Waals surface area contributed by atoms with Crippen molar-refractivity contribution in [3.05, 3.63) is 72.8 Å². The van der Waals surface area contributed by atoms with Gasteiger partial charge in [-0.2, -0.15) is 28.4 Å². The van der Waals surface area contributed by atoms with Crippen molar-refractivity contribution in [1.82, 2.24) is 34.2 Å². The first-order valence-electron chi connectivity index (χ1n) is 10.7. The van der Waals surface area contributed by atoms with Gasteiger partial charge >= 0.3 is 6.18 Å². The standard InChI is InChI=1S/C23H21F3N8/c1-2-19(15-6-4-3-5-7-15)33-13-17(10-29-33)16-8-20(34-21(9-16)30-22(27)31-34)18-11-28-32(12-18)14-23(24,25)26/h3-13,19H,2,14H2,1H3,(H2,27,31)/t19-/m0/s1. The molecule has 0 aliphatic heterocycles. The number of benzene rings is 1. The number of hydrogen-bond donors (Lipinski definition) is 1. The van der Waals surface area contributed by atoms with Crippen LogP contribution in [0.5, 0.6) is 0 Å². The minimum absolute atomic E-state index is 0.0619. The molecule has 34 heavy (non-hydrogen) atoms. The van der Waals surface area contributed by atoms with Crippen molar-refractivity contribution in [2.45, 2.75) is 32.1 Å². The van der Waals surface area contributed by atoms with Gasteiger partial charge in [0.2, 0.25) is 5.95 Å². The summed E-state index contributed by atoms with van der Waals surface area (Å²) in [5.41, 5.74) is 10.0. The lowest BCUT2D eigenvalue weighted by atomic mass is 10.0. The highest BCUT2D eigenvalue weighted by Gasteiger charge is 2.28. The van der Waals surface area contributed by atoms with Crippen LogP contribution in [0.2, 0.25) is 0 Å². The number of nitrogens with two attached hydrogens (primary N) is 1. The summed E-state index contributed by atoms with van der Waals surface area (Å²) in [5, 5.41) is 12.6. The molecule has 174 valence electrons. The fourth-order valence-corrected chi connectivity index (χ4v) is 4.05. The molecular weight excluding hydrogens is 445 g/mol. The van der Waals surface area contributed by atoms with Crippen LogP contribution in [0.25, 0.3) is 28.0 Å². The van der Waals surface area contributed by atoms with Crippen LogP contribution >= 0.6 is 0 Å². The maximum atomic E-state index is 12.8. The summed E-state index contributed by atoms with van der Waals surface area (Å²) in [4.78, 5) is 4.25. The fraction of sp³-hybridized carbons (Fsp3) is 0.217. The topological polar surface area (TPSA) is 91.8 Å². The Bertz CT molecular complexity index is 1430. The second-order valence-electron chi connectivity index (χ2n) is 7.95. The fourth-order valence-electron chi connectivity index (χ4n) is 4.05. The molecule has 5 rings (SSSR count). The Morgan fingerprint density at radius 2 is 1.74 bits per heavy atom. The summed E-state index contributed by atoms with van der Waals surface area (Å²) >= 11 is 0. The Morgan fingerprint density at radius 3 is 2.47 bits per heavy atom. The molecule has 0 fully saturated rings. The van der Waals surface area contributed by atoms with Gasteiger partial charge in [0.15, 0.2) is 5.65 Å². The van der Waals surface area contributed by atoms with Gasteiger partial charge in [-0.15, -0.1) is 5.10 Å². The number of rotatable bonds is 6. The molecule has 0 unspecified atom stereocenters. The van der Waals surface area contributed by atoms with Crippen LogP contribution in [0.3, 0.4) is 0 Å². The lowest BCUT2D eigenvalue weighted by Gasteiger charge is -2.15. The van der Waals surface area contributed by atoms with E-state index in [2.05, 4.69) is 39.3 Å². The number of pyridine rings is 1. The van der Waals surface area contributed by atoms with Gasteiger partial charge in [-0.3, -0.25) is 9.36 Å². The second kappa shape index (κ2) is 8.32. The van der Waals surface area contributed by atoms with E-state index >= 15 is 0 Å². The summed E-state index contributed by atoms with van der Waals surface area (Å²) in [6.07, 6.45) is 2.89. The van der Waals surface area contributed by atoms with Crippen LogP contribution in [0.4, 0.5) is 19.1 Å². The van der Waals surface area contributed by atoms with E-state index in [1.165, 1.54) is 16.9 Å². The third-order valence-corrected chi connectivity index (χ3v) is 5.55. The van der Waals surface area contributed by atoms with Crippen LogP contribution < -0.4 is 5.73 Å². The van der Waals surface area contributed by atoms with Gasteiger partial charge in [0.25, 0.3) is 0 Å². The third kappa shape index (κ3) is 4.24. The number of anilines is 1. The van der Waals surface area contributed by atoms with Gasteiger partial charge in [-0.25, -0.2) is 4.52 Å². The molecule has 1 atom stereocenters. The summed E-state index contributed by atoms with van der Waals surface area (Å²) in [5.74, 6) is 0.0619. The van der Waals surface area contributed by atoms with Crippen molar-refractivity contribution >= 4 is 11.6 Å². The molecule has 0 spiro atoms. The predicted molar refractivity (Wildman–Crippen MR) is 121 cm³/mol. The Balaban J connectivity index is 1.56. The zero-order valence-corrected chi connectivity index (χ0v) is 18.2. The molecule has 4 heterocycles. The second-order valence-corrected chi connectivity index (χ2v) is 7.95. The largest absolute Gasteiger partial charge is 0.408 e. The van der Waals surface area contributed by atoms with E-state index in [1.807, 2.05) is 41.2 Å². The number of nitrogen functional groups attached to an aromatic ring is 1. The van der Waals surface area contributed by atoms with Crippen molar-refractivity contribution < 1.29 is 13.2 Å². The molecule has 0 saturated carbocycles. The zero-order chi connectivity index (χ0) is 23.9. The van der Waals surface area contributed by atoms with Crippen molar-refractivity contribution in [2.24, 2.45) is 0 Å². The Labute approximate surface area is 192 Å². The molecule has 8 nitrogen and oxygen atoms in total. The third-order valence-electron chi connectivity index (χ3n) is 5.55. The highest BCUT2D eigenvalue weighted by atomic mass is 19.4. The van der Waals surface area contributed by atoms with Gasteiger partial charge in [0.1, 0.15) is 6.54 Å². The molecule has 0 bridgehead atoms. The number of halogens is 3. The molecule has 0 amide bonds. The molecule has 0 aliphatic rings. The van der Waals surface area contributed by atoms with Gasteiger partial charge in [-0.05, 0) is 29.7 Å². The smallest absolute Gasteiger partial charge is 0.366 e. The average Bonchev–Trinajstić information content (AvgIpc) is 3.53. The van der Waals surface area contributed by atoms with Gasteiger partial charge in [0.05, 0.1) is 24.1 Å². The highest BCUT2D eigenvalue weighted by Crippen LogP contribution is 2.30. The minimum atomic E-state index is -4.37. The van der Waals surface area contributed by atoms with Gasteiger partial charge in [0, 0.05) is 23.5 Å². The molecule has 1 aromatic carbocycles. The first kappa shape index (κ1) is 21.7. The Morgan fingerprint density at radius 1 is 0.971 bits per heavy atom. The molecule has 0 radical (unpaired) electrons. The quantitative estimate of drug-likeness (QED) is 0.395. The molecular formula is C23H21F3N8. The summed E-state index contributed by atoms with van der Waals surface area (Å²) < 4.78 is 42.7. The molecule has 0 aliphatic carbocycles. The highest BCUT2D eigenvalue weighted by molar-refractivity contribution is 5.74. The summed E-state index contributed by atoms with van der Waals surface area (Å²) in [7, 11) is 0. The first-order chi connectivity index (χ1) is 16.3. The van der Waals surface area contributed by atoms with Crippen molar-refractivity contribution in [3.63, 3.8) is 0 Å². The number of fused-ring (bicyclic) bond motifs is 1. The van der Waals surface area contributed by atoms with E-state index in [4.69, 9.17) is 5.73 Å². The average molecular weight is 466 g/mol. The molecule has 5 aromatic rings. The van der Waals surface area contributed by atoms with Crippen LogP contribution in [-0.2, 0) is 6.54 Å².